The average Bonchev–Trinajstić information content (AvgIpc) is 3.16. The number of likely N-dealkylation sites (tertiary alicyclic amines) is 1. The number of hydrogen-bond donors (Lipinski definition) is 0. The summed E-state index contributed by atoms with van der Waals surface area (Å²) >= 11 is 1.46. The zero-order valence-corrected chi connectivity index (χ0v) is 13.8. The third-order valence-corrected chi connectivity index (χ3v) is 4.78. The van der Waals surface area contributed by atoms with Crippen LogP contribution in [0.5, 0.6) is 0 Å². The van der Waals surface area contributed by atoms with Gasteiger partial charge in [-0.2, -0.15) is 0 Å². The fraction of sp³-hybridized carbons (Fsp3) is 0.438. The lowest BCUT2D eigenvalue weighted by molar-refractivity contribution is -0.127. The van der Waals surface area contributed by atoms with Crippen LogP contribution in [0, 0.1) is 13.8 Å². The lowest BCUT2D eigenvalue weighted by atomic mass is 10.2. The van der Waals surface area contributed by atoms with Gasteiger partial charge in [0.05, 0.1) is 5.75 Å². The molecular formula is C16H20N4OS. The number of carbonyl (C=O) groups excluding carboxylic acids is 1. The number of aryl methyl sites for hydroxylation is 2. The molecule has 1 saturated heterocycles. The van der Waals surface area contributed by atoms with Crippen LogP contribution in [0.2, 0.25) is 0 Å². The number of nitrogens with zero attached hydrogens (tertiary/aromatic N) is 4. The number of carbonyl (C=O) groups is 1. The molecule has 0 aliphatic carbocycles. The second-order valence-electron chi connectivity index (χ2n) is 5.58. The van der Waals surface area contributed by atoms with E-state index >= 15 is 0 Å². The molecule has 1 aromatic heterocycles. The summed E-state index contributed by atoms with van der Waals surface area (Å²) in [5, 5.41) is 9.15. The fourth-order valence-electron chi connectivity index (χ4n) is 2.61. The number of rotatable bonds is 4. The van der Waals surface area contributed by atoms with Gasteiger partial charge in [0.2, 0.25) is 5.91 Å². The normalized spacial score (nSPS) is 14.5. The van der Waals surface area contributed by atoms with Crippen molar-refractivity contribution < 1.29 is 4.79 Å². The Balaban J connectivity index is 1.74. The quantitative estimate of drug-likeness (QED) is 0.814. The largest absolute Gasteiger partial charge is 0.342 e. The maximum atomic E-state index is 12.2. The number of amides is 1. The predicted molar refractivity (Wildman–Crippen MR) is 87.4 cm³/mol. The zero-order valence-electron chi connectivity index (χ0n) is 13.0. The van der Waals surface area contributed by atoms with Crippen molar-refractivity contribution >= 4 is 17.7 Å². The molecule has 0 atom stereocenters. The highest BCUT2D eigenvalue weighted by molar-refractivity contribution is 7.99. The van der Waals surface area contributed by atoms with Gasteiger partial charge >= 0.3 is 0 Å². The van der Waals surface area contributed by atoms with Crippen LogP contribution < -0.4 is 0 Å². The van der Waals surface area contributed by atoms with E-state index in [1.165, 1.54) is 17.3 Å². The highest BCUT2D eigenvalue weighted by Crippen LogP contribution is 2.23. The number of benzene rings is 1. The molecule has 5 nitrogen and oxygen atoms in total. The van der Waals surface area contributed by atoms with Crippen molar-refractivity contribution in [1.82, 2.24) is 19.7 Å². The van der Waals surface area contributed by atoms with Crippen molar-refractivity contribution in [3.8, 4) is 5.69 Å². The van der Waals surface area contributed by atoms with Crippen LogP contribution in [-0.2, 0) is 4.79 Å². The van der Waals surface area contributed by atoms with Gasteiger partial charge in [0.1, 0.15) is 5.82 Å². The van der Waals surface area contributed by atoms with E-state index in [9.17, 15) is 4.79 Å². The highest BCUT2D eigenvalue weighted by Gasteiger charge is 2.19. The maximum Gasteiger partial charge on any atom is 0.233 e. The molecule has 0 radical (unpaired) electrons. The Kier molecular flexibility index (Phi) is 4.47. The standard InChI is InChI=1S/C16H20N4OS/c1-12-5-7-14(8-6-12)20-13(2)17-18-16(20)22-11-15(21)19-9-3-4-10-19/h5-8H,3-4,9-11H2,1-2H3. The topological polar surface area (TPSA) is 51.0 Å². The van der Waals surface area contributed by atoms with E-state index < -0.39 is 0 Å². The third kappa shape index (κ3) is 3.16. The first-order chi connectivity index (χ1) is 10.6. The van der Waals surface area contributed by atoms with Crippen LogP contribution in [0.15, 0.2) is 29.4 Å². The Hall–Kier alpha value is -1.82. The smallest absolute Gasteiger partial charge is 0.233 e. The first kappa shape index (κ1) is 15.1. The second-order valence-corrected chi connectivity index (χ2v) is 6.52. The fourth-order valence-corrected chi connectivity index (χ4v) is 3.51. The first-order valence-corrected chi connectivity index (χ1v) is 8.53. The first-order valence-electron chi connectivity index (χ1n) is 7.55. The molecule has 22 heavy (non-hydrogen) atoms. The molecule has 2 aromatic rings. The molecule has 1 fully saturated rings. The van der Waals surface area contributed by atoms with E-state index in [0.29, 0.717) is 5.75 Å². The van der Waals surface area contributed by atoms with Gasteiger partial charge in [0.15, 0.2) is 5.16 Å². The minimum atomic E-state index is 0.193. The Morgan fingerprint density at radius 1 is 1.14 bits per heavy atom. The van der Waals surface area contributed by atoms with Gasteiger partial charge in [-0.1, -0.05) is 29.5 Å². The molecule has 2 heterocycles. The summed E-state index contributed by atoms with van der Waals surface area (Å²) in [7, 11) is 0. The summed E-state index contributed by atoms with van der Waals surface area (Å²) in [4.78, 5) is 14.1. The van der Waals surface area contributed by atoms with Crippen LogP contribution in [0.25, 0.3) is 5.69 Å². The molecule has 1 amide bonds. The van der Waals surface area contributed by atoms with Gasteiger partial charge in [-0.25, -0.2) is 0 Å². The molecule has 116 valence electrons. The van der Waals surface area contributed by atoms with Crippen LogP contribution in [0.4, 0.5) is 0 Å². The van der Waals surface area contributed by atoms with Crippen molar-refractivity contribution in [2.45, 2.75) is 31.8 Å². The Morgan fingerprint density at radius 3 is 2.50 bits per heavy atom. The van der Waals surface area contributed by atoms with Gasteiger partial charge in [-0.3, -0.25) is 9.36 Å². The Labute approximate surface area is 134 Å². The number of thioether (sulfide) groups is 1. The summed E-state index contributed by atoms with van der Waals surface area (Å²) in [6.45, 7) is 5.78. The van der Waals surface area contributed by atoms with Crippen LogP contribution >= 0.6 is 11.8 Å². The van der Waals surface area contributed by atoms with E-state index in [-0.39, 0.29) is 5.91 Å². The van der Waals surface area contributed by atoms with Crippen LogP contribution in [0.3, 0.4) is 0 Å². The summed E-state index contributed by atoms with van der Waals surface area (Å²) < 4.78 is 2.00. The minimum Gasteiger partial charge on any atom is -0.342 e. The number of aromatic nitrogens is 3. The van der Waals surface area contributed by atoms with Gasteiger partial charge in [0, 0.05) is 18.8 Å². The molecule has 1 aliphatic rings. The van der Waals surface area contributed by atoms with Crippen molar-refractivity contribution in [2.75, 3.05) is 18.8 Å². The van der Waals surface area contributed by atoms with Gasteiger partial charge < -0.3 is 4.90 Å². The van der Waals surface area contributed by atoms with Crippen molar-refractivity contribution in [1.29, 1.82) is 0 Å². The van der Waals surface area contributed by atoms with E-state index in [2.05, 4.69) is 41.4 Å². The second kappa shape index (κ2) is 6.52. The highest BCUT2D eigenvalue weighted by atomic mass is 32.2. The summed E-state index contributed by atoms with van der Waals surface area (Å²) in [5.74, 6) is 1.45. The zero-order chi connectivity index (χ0) is 15.5. The lowest BCUT2D eigenvalue weighted by Gasteiger charge is -2.14. The Morgan fingerprint density at radius 2 is 1.82 bits per heavy atom. The van der Waals surface area contributed by atoms with Crippen LogP contribution in [0.1, 0.15) is 24.2 Å². The molecule has 1 aromatic carbocycles. The lowest BCUT2D eigenvalue weighted by Crippen LogP contribution is -2.29. The van der Waals surface area contributed by atoms with E-state index in [4.69, 9.17) is 0 Å². The average molecular weight is 316 g/mol. The molecule has 3 rings (SSSR count). The van der Waals surface area contributed by atoms with Crippen molar-refractivity contribution in [3.05, 3.63) is 35.7 Å². The molecule has 1 aliphatic heterocycles. The predicted octanol–water partition coefficient (Wildman–Crippen LogP) is 2.60. The Bertz CT molecular complexity index is 659. The molecule has 0 unspecified atom stereocenters. The molecule has 0 spiro atoms. The SMILES string of the molecule is Cc1ccc(-n2c(C)nnc2SCC(=O)N2CCCC2)cc1. The molecular weight excluding hydrogens is 296 g/mol. The molecule has 0 bridgehead atoms. The van der Waals surface area contributed by atoms with E-state index in [0.717, 1.165) is 42.6 Å². The van der Waals surface area contributed by atoms with Gasteiger partial charge in [-0.15, -0.1) is 10.2 Å². The molecule has 0 N–H and O–H groups in total. The summed E-state index contributed by atoms with van der Waals surface area (Å²) in [6.07, 6.45) is 2.24. The van der Waals surface area contributed by atoms with Gasteiger partial charge in [0.25, 0.3) is 0 Å². The summed E-state index contributed by atoms with van der Waals surface area (Å²) in [5.41, 5.74) is 2.25. The van der Waals surface area contributed by atoms with Crippen molar-refractivity contribution in [3.63, 3.8) is 0 Å². The number of hydrogen-bond acceptors (Lipinski definition) is 4. The summed E-state index contributed by atoms with van der Waals surface area (Å²) in [6, 6.07) is 8.24. The van der Waals surface area contributed by atoms with Gasteiger partial charge in [-0.05, 0) is 38.8 Å². The minimum absolute atomic E-state index is 0.193. The van der Waals surface area contributed by atoms with E-state index in [1.807, 2.05) is 16.4 Å². The third-order valence-electron chi connectivity index (χ3n) is 3.87. The maximum absolute atomic E-state index is 12.2. The molecule has 0 saturated carbocycles. The van der Waals surface area contributed by atoms with Crippen molar-refractivity contribution in [2.24, 2.45) is 0 Å². The van der Waals surface area contributed by atoms with E-state index in [1.54, 1.807) is 0 Å². The van der Waals surface area contributed by atoms with Crippen LogP contribution in [-0.4, -0.2) is 44.4 Å². The monoisotopic (exact) mass is 316 g/mol. The molecule has 6 heteroatoms.